The lowest BCUT2D eigenvalue weighted by molar-refractivity contribution is -0.145. The summed E-state index contributed by atoms with van der Waals surface area (Å²) < 4.78 is 12.0. The van der Waals surface area contributed by atoms with E-state index < -0.39 is 35.6 Å². The lowest BCUT2D eigenvalue weighted by Crippen LogP contribution is -2.55. The number of carbonyl (C=O) groups is 3. The summed E-state index contributed by atoms with van der Waals surface area (Å²) in [5.41, 5.74) is 1.23. The number of hydrogen-bond donors (Lipinski definition) is 3. The van der Waals surface area contributed by atoms with Gasteiger partial charge in [-0.3, -0.25) is 9.59 Å². The predicted molar refractivity (Wildman–Crippen MR) is 187 cm³/mol. The van der Waals surface area contributed by atoms with Gasteiger partial charge in [0.25, 0.3) is 0 Å². The molecular formula is C37H39N5O6S. The second-order valence-corrected chi connectivity index (χ2v) is 13.8. The summed E-state index contributed by atoms with van der Waals surface area (Å²) in [6.07, 6.45) is 7.87. The van der Waals surface area contributed by atoms with Crippen LogP contribution in [0, 0.1) is 5.92 Å². The highest BCUT2D eigenvalue weighted by molar-refractivity contribution is 7.13. The molecular weight excluding hydrogens is 643 g/mol. The first-order chi connectivity index (χ1) is 23.8. The number of aliphatic carboxylic acids is 1. The van der Waals surface area contributed by atoms with Gasteiger partial charge in [-0.05, 0) is 61.4 Å². The molecule has 0 radical (unpaired) electrons. The maximum atomic E-state index is 14.5. The highest BCUT2D eigenvalue weighted by atomic mass is 32.1. The molecule has 49 heavy (non-hydrogen) atoms. The Kier molecular flexibility index (Phi) is 9.22. The van der Waals surface area contributed by atoms with E-state index in [1.165, 1.54) is 11.3 Å². The average molecular weight is 682 g/mol. The molecule has 11 nitrogen and oxygen atoms in total. The summed E-state index contributed by atoms with van der Waals surface area (Å²) >= 11 is 1.50. The molecule has 7 rings (SSSR count). The van der Waals surface area contributed by atoms with E-state index >= 15 is 0 Å². The number of amides is 2. The molecule has 1 aliphatic carbocycles. The van der Waals surface area contributed by atoms with Crippen LogP contribution in [-0.4, -0.2) is 75.1 Å². The highest BCUT2D eigenvalue weighted by Crippen LogP contribution is 2.45. The van der Waals surface area contributed by atoms with Gasteiger partial charge in [-0.2, -0.15) is 0 Å². The molecule has 0 bridgehead atoms. The third-order valence-corrected chi connectivity index (χ3v) is 10.5. The molecule has 1 saturated carbocycles. The third kappa shape index (κ3) is 6.82. The van der Waals surface area contributed by atoms with E-state index in [2.05, 4.69) is 10.6 Å². The van der Waals surface area contributed by atoms with Crippen molar-refractivity contribution in [3.05, 3.63) is 78.2 Å². The van der Waals surface area contributed by atoms with Crippen molar-refractivity contribution >= 4 is 45.8 Å². The zero-order valence-corrected chi connectivity index (χ0v) is 28.0. The van der Waals surface area contributed by atoms with Crippen molar-refractivity contribution in [3.63, 3.8) is 0 Å². The van der Waals surface area contributed by atoms with E-state index in [0.29, 0.717) is 41.2 Å². The SMILES string of the molecule is COc1ccc2nc(O[C@@H]3C[C@H]4C(=O)N[C@]5(C(=O)O)C[C@H]5/C=C\CCCCC[C@H](Nc5ccccc5)C(=O)N4C3)c(-c3cccs3)nc2c1. The van der Waals surface area contributed by atoms with E-state index in [1.54, 1.807) is 18.1 Å². The molecule has 2 aromatic carbocycles. The number of hydrogen-bond acceptors (Lipinski definition) is 9. The van der Waals surface area contributed by atoms with Gasteiger partial charge in [0.05, 0.1) is 29.6 Å². The number of thiophene rings is 1. The molecule has 4 aromatic rings. The number of methoxy groups -OCH3 is 1. The summed E-state index contributed by atoms with van der Waals surface area (Å²) in [7, 11) is 1.60. The minimum atomic E-state index is -1.39. The molecule has 3 aliphatic rings. The van der Waals surface area contributed by atoms with Crippen molar-refractivity contribution in [2.45, 2.75) is 68.7 Å². The molecule has 2 amide bonds. The van der Waals surface area contributed by atoms with E-state index in [4.69, 9.17) is 19.4 Å². The predicted octanol–water partition coefficient (Wildman–Crippen LogP) is 5.68. The minimum Gasteiger partial charge on any atom is -0.497 e. The number of aromatic nitrogens is 2. The normalized spacial score (nSPS) is 26.4. The quantitative estimate of drug-likeness (QED) is 0.210. The number of benzene rings is 2. The number of allylic oxidation sites excluding steroid dienone is 1. The highest BCUT2D eigenvalue weighted by Gasteiger charge is 2.61. The molecule has 1 saturated heterocycles. The average Bonchev–Trinajstić information content (AvgIpc) is 3.41. The number of para-hydroxylation sites is 1. The second-order valence-electron chi connectivity index (χ2n) is 12.9. The van der Waals surface area contributed by atoms with Gasteiger partial charge >= 0.3 is 5.97 Å². The molecule has 12 heteroatoms. The molecule has 2 aliphatic heterocycles. The van der Waals surface area contributed by atoms with Crippen molar-refractivity contribution in [1.29, 1.82) is 0 Å². The van der Waals surface area contributed by atoms with Crippen LogP contribution in [0.2, 0.25) is 0 Å². The van der Waals surface area contributed by atoms with Crippen molar-refractivity contribution in [2.24, 2.45) is 5.92 Å². The summed E-state index contributed by atoms with van der Waals surface area (Å²) in [6, 6.07) is 17.3. The van der Waals surface area contributed by atoms with Gasteiger partial charge < -0.3 is 30.1 Å². The fraction of sp³-hybridized carbons (Fsp3) is 0.378. The fourth-order valence-corrected chi connectivity index (χ4v) is 7.55. The zero-order valence-electron chi connectivity index (χ0n) is 27.2. The second kappa shape index (κ2) is 13.9. The van der Waals surface area contributed by atoms with E-state index in [9.17, 15) is 19.5 Å². The van der Waals surface area contributed by atoms with Gasteiger partial charge in [-0.25, -0.2) is 14.8 Å². The first kappa shape index (κ1) is 32.6. The van der Waals surface area contributed by atoms with Crippen molar-refractivity contribution < 1.29 is 29.0 Å². The molecule has 4 heterocycles. The summed E-state index contributed by atoms with van der Waals surface area (Å²) in [5, 5.41) is 18.4. The molecule has 3 N–H and O–H groups in total. The molecule has 2 aromatic heterocycles. The first-order valence-corrected chi connectivity index (χ1v) is 17.6. The van der Waals surface area contributed by atoms with Crippen LogP contribution in [0.25, 0.3) is 21.6 Å². The van der Waals surface area contributed by atoms with Gasteiger partial charge in [-0.15, -0.1) is 11.3 Å². The number of anilines is 1. The van der Waals surface area contributed by atoms with E-state index in [1.807, 2.05) is 72.1 Å². The van der Waals surface area contributed by atoms with Gasteiger partial charge in [-0.1, -0.05) is 49.3 Å². The van der Waals surface area contributed by atoms with Crippen LogP contribution in [0.1, 0.15) is 44.9 Å². The fourth-order valence-electron chi connectivity index (χ4n) is 6.84. The van der Waals surface area contributed by atoms with Crippen LogP contribution in [0.5, 0.6) is 11.6 Å². The van der Waals surface area contributed by atoms with Gasteiger partial charge in [0.2, 0.25) is 17.7 Å². The minimum absolute atomic E-state index is 0.125. The number of carbonyl (C=O) groups excluding carboxylic acids is 2. The van der Waals surface area contributed by atoms with Crippen LogP contribution in [0.15, 0.2) is 78.2 Å². The summed E-state index contributed by atoms with van der Waals surface area (Å²) in [5.74, 6) is -1.14. The Balaban J connectivity index is 1.22. The van der Waals surface area contributed by atoms with Crippen molar-refractivity contribution in [3.8, 4) is 22.2 Å². The van der Waals surface area contributed by atoms with E-state index in [-0.39, 0.29) is 24.8 Å². The Hall–Kier alpha value is -4.97. The third-order valence-electron chi connectivity index (χ3n) is 9.61. The van der Waals surface area contributed by atoms with Crippen molar-refractivity contribution in [1.82, 2.24) is 20.2 Å². The maximum Gasteiger partial charge on any atom is 0.330 e. The van der Waals surface area contributed by atoms with Crippen LogP contribution < -0.4 is 20.1 Å². The lowest BCUT2D eigenvalue weighted by atomic mass is 10.0. The number of nitrogens with one attached hydrogen (secondary N) is 2. The number of rotatable bonds is 7. The largest absolute Gasteiger partial charge is 0.497 e. The van der Waals surface area contributed by atoms with Crippen LogP contribution >= 0.6 is 11.3 Å². The Morgan fingerprint density at radius 1 is 1.06 bits per heavy atom. The van der Waals surface area contributed by atoms with Crippen LogP contribution in [-0.2, 0) is 14.4 Å². The van der Waals surface area contributed by atoms with Gasteiger partial charge in [0.15, 0.2) is 0 Å². The molecule has 254 valence electrons. The van der Waals surface area contributed by atoms with Crippen LogP contribution in [0.4, 0.5) is 5.69 Å². The first-order valence-electron chi connectivity index (χ1n) is 16.7. The molecule has 0 spiro atoms. The topological polar surface area (TPSA) is 143 Å². The number of carboxylic acids is 1. The number of fused-ring (bicyclic) bond motifs is 3. The van der Waals surface area contributed by atoms with E-state index in [0.717, 1.165) is 36.2 Å². The lowest BCUT2D eigenvalue weighted by Gasteiger charge is -2.30. The van der Waals surface area contributed by atoms with Gasteiger partial charge in [0, 0.05) is 24.1 Å². The summed E-state index contributed by atoms with van der Waals surface area (Å²) in [6.45, 7) is 0.125. The monoisotopic (exact) mass is 681 g/mol. The Morgan fingerprint density at radius 3 is 2.69 bits per heavy atom. The maximum absolute atomic E-state index is 14.5. The Bertz CT molecular complexity index is 1870. The Morgan fingerprint density at radius 2 is 1.92 bits per heavy atom. The number of ether oxygens (including phenoxy) is 2. The molecule has 2 fully saturated rings. The summed E-state index contributed by atoms with van der Waals surface area (Å²) in [4.78, 5) is 53.2. The Labute approximate surface area is 288 Å². The number of nitrogens with zero attached hydrogens (tertiary/aromatic N) is 3. The van der Waals surface area contributed by atoms with Gasteiger partial charge in [0.1, 0.15) is 35.2 Å². The van der Waals surface area contributed by atoms with Crippen LogP contribution in [0.3, 0.4) is 0 Å². The smallest absolute Gasteiger partial charge is 0.330 e. The molecule has 5 atom stereocenters. The standard InChI is InChI=1S/C37H39N5O6S/c1-47-25-16-17-27-29(19-25)39-32(31-15-10-18-49-31)34(40-27)48-26-20-30-33(43)41-37(36(45)46)21-23(37)11-6-3-2-4-9-14-28(35(44)42(30)22-26)38-24-12-7-5-8-13-24/h5-8,10-13,15-19,23,26,28,30,38H,2-4,9,14,20-22H2,1H3,(H,41,43)(H,45,46)/b11-6-/t23-,26-,28+,30+,37-/m1/s1. The van der Waals surface area contributed by atoms with Crippen molar-refractivity contribution in [2.75, 3.05) is 19.0 Å². The molecule has 0 unspecified atom stereocenters. The zero-order chi connectivity index (χ0) is 34.0. The number of carboxylic acid groups (broad SMARTS) is 1.